The quantitative estimate of drug-likeness (QED) is 0.449. The summed E-state index contributed by atoms with van der Waals surface area (Å²) in [5, 5.41) is 2.22. The second-order valence-corrected chi connectivity index (χ2v) is 13.2. The Hall–Kier alpha value is -1.43. The third kappa shape index (κ3) is 5.68. The average molecular weight is 473 g/mol. The van der Waals surface area contributed by atoms with E-state index >= 15 is 0 Å². The van der Waals surface area contributed by atoms with Crippen molar-refractivity contribution in [3.05, 3.63) is 35.9 Å². The number of hydroxylamine groups is 2. The molecule has 2 aliphatic rings. The predicted molar refractivity (Wildman–Crippen MR) is 138 cm³/mol. The molecule has 1 aromatic rings. The molecule has 5 heteroatoms. The molecule has 34 heavy (non-hydrogen) atoms. The van der Waals surface area contributed by atoms with E-state index in [0.29, 0.717) is 6.61 Å². The van der Waals surface area contributed by atoms with Crippen molar-refractivity contribution < 1.29 is 14.4 Å². The van der Waals surface area contributed by atoms with Crippen molar-refractivity contribution in [3.8, 4) is 0 Å². The Kier molecular flexibility index (Phi) is 7.63. The van der Waals surface area contributed by atoms with E-state index in [1.807, 2.05) is 26.8 Å². The molecule has 2 fully saturated rings. The molecular formula is C29H48N2O3. The molecule has 0 bridgehead atoms. The lowest BCUT2D eigenvalue weighted by Gasteiger charge is -2.52. The molecule has 2 saturated heterocycles. The predicted octanol–water partition coefficient (Wildman–Crippen LogP) is 6.39. The van der Waals surface area contributed by atoms with Crippen LogP contribution in [0, 0.1) is 11.3 Å². The number of likely N-dealkylation sites (tertiary alicyclic amines) is 1. The molecule has 1 aromatic carbocycles. The van der Waals surface area contributed by atoms with Crippen molar-refractivity contribution in [2.45, 2.75) is 117 Å². The van der Waals surface area contributed by atoms with Crippen LogP contribution in [0.1, 0.15) is 100 Å². The van der Waals surface area contributed by atoms with Crippen LogP contribution in [0.5, 0.6) is 0 Å². The second-order valence-electron chi connectivity index (χ2n) is 13.2. The zero-order valence-corrected chi connectivity index (χ0v) is 23.3. The van der Waals surface area contributed by atoms with Gasteiger partial charge in [0.2, 0.25) is 0 Å². The van der Waals surface area contributed by atoms with Crippen LogP contribution in [0.3, 0.4) is 0 Å². The summed E-state index contributed by atoms with van der Waals surface area (Å²) in [5.41, 5.74) is 0.296. The topological polar surface area (TPSA) is 42.0 Å². The molecule has 1 unspecified atom stereocenters. The Morgan fingerprint density at radius 2 is 1.62 bits per heavy atom. The maximum Gasteiger partial charge on any atom is 0.311 e. The highest BCUT2D eigenvalue weighted by atomic mass is 16.7. The lowest BCUT2D eigenvalue weighted by atomic mass is 9.77. The summed E-state index contributed by atoms with van der Waals surface area (Å²) in [6, 6.07) is 10.8. The van der Waals surface area contributed by atoms with Crippen molar-refractivity contribution in [3.63, 3.8) is 0 Å². The van der Waals surface area contributed by atoms with E-state index in [1.165, 1.54) is 12.0 Å². The highest BCUT2D eigenvalue weighted by Crippen LogP contribution is 2.47. The molecule has 0 saturated carbocycles. The Balaban J connectivity index is 1.90. The van der Waals surface area contributed by atoms with Crippen LogP contribution in [0.25, 0.3) is 0 Å². The number of piperidine rings is 1. The first kappa shape index (κ1) is 27.2. The van der Waals surface area contributed by atoms with Crippen LogP contribution in [0.2, 0.25) is 0 Å². The number of carbonyl (C=O) groups excluding carboxylic acids is 1. The van der Waals surface area contributed by atoms with Crippen LogP contribution in [0.4, 0.5) is 0 Å². The molecule has 192 valence electrons. The number of hydrogen-bond acceptors (Lipinski definition) is 5. The van der Waals surface area contributed by atoms with Gasteiger partial charge in [-0.2, -0.15) is 5.06 Å². The fourth-order valence-electron chi connectivity index (χ4n) is 6.37. The zero-order valence-electron chi connectivity index (χ0n) is 23.3. The summed E-state index contributed by atoms with van der Waals surface area (Å²) in [6.07, 6.45) is 3.42. The van der Waals surface area contributed by atoms with Gasteiger partial charge in [-0.05, 0) is 87.1 Å². The number of hydrogen-bond donors (Lipinski definition) is 0. The summed E-state index contributed by atoms with van der Waals surface area (Å²) in [4.78, 5) is 22.7. The highest BCUT2D eigenvalue weighted by Gasteiger charge is 2.55. The number of carbonyl (C=O) groups is 1. The van der Waals surface area contributed by atoms with Crippen LogP contribution in [0.15, 0.2) is 30.3 Å². The molecule has 0 aromatic heterocycles. The van der Waals surface area contributed by atoms with Gasteiger partial charge in [-0.1, -0.05) is 37.3 Å². The van der Waals surface area contributed by atoms with Crippen molar-refractivity contribution in [1.29, 1.82) is 0 Å². The first-order chi connectivity index (χ1) is 15.6. The SMILES string of the molecule is C[C@H](c1ccccc1)N1CC(C)(CON2C(C)(C)CCCC2(C)C)[C@H](C(=O)OC(C)(C)C)[C@H]1C. The minimum atomic E-state index is -0.520. The number of ether oxygens (including phenoxy) is 1. The monoisotopic (exact) mass is 472 g/mol. The lowest BCUT2D eigenvalue weighted by molar-refractivity contribution is -0.293. The number of benzene rings is 1. The van der Waals surface area contributed by atoms with Gasteiger partial charge in [-0.3, -0.25) is 14.5 Å². The van der Waals surface area contributed by atoms with Gasteiger partial charge in [0.05, 0.1) is 12.5 Å². The molecular weight excluding hydrogens is 424 g/mol. The Labute approximate surface area is 208 Å². The van der Waals surface area contributed by atoms with E-state index in [4.69, 9.17) is 9.57 Å². The van der Waals surface area contributed by atoms with Gasteiger partial charge in [0.1, 0.15) is 5.60 Å². The zero-order chi connectivity index (χ0) is 25.5. The molecule has 3 rings (SSSR count). The molecule has 4 atom stereocenters. The van der Waals surface area contributed by atoms with Crippen LogP contribution >= 0.6 is 0 Å². The largest absolute Gasteiger partial charge is 0.460 e. The van der Waals surface area contributed by atoms with Gasteiger partial charge >= 0.3 is 5.97 Å². The van der Waals surface area contributed by atoms with Gasteiger partial charge in [0, 0.05) is 35.1 Å². The van der Waals surface area contributed by atoms with E-state index in [1.54, 1.807) is 0 Å². The summed E-state index contributed by atoms with van der Waals surface area (Å²) in [7, 11) is 0. The molecule has 0 radical (unpaired) electrons. The summed E-state index contributed by atoms with van der Waals surface area (Å²) in [6.45, 7) is 22.8. The van der Waals surface area contributed by atoms with Crippen LogP contribution in [-0.2, 0) is 14.4 Å². The standard InChI is InChI=1S/C29H48N2O3/c1-21(23-15-12-11-13-16-23)30-19-29(10,24(22(30)2)25(32)34-26(3,4)5)20-33-31-27(6,7)17-14-18-28(31,8)9/h11-13,15-16,21-22,24H,14,17-20H2,1-10H3/t21-,22-,24+,29?/m1/s1. The second kappa shape index (κ2) is 9.55. The smallest absolute Gasteiger partial charge is 0.311 e. The fraction of sp³-hybridized carbons (Fsp3) is 0.759. The van der Waals surface area contributed by atoms with E-state index < -0.39 is 5.60 Å². The Bertz CT molecular complexity index is 829. The minimum Gasteiger partial charge on any atom is -0.460 e. The van der Waals surface area contributed by atoms with Crippen molar-refractivity contribution in [1.82, 2.24) is 9.96 Å². The lowest BCUT2D eigenvalue weighted by Crippen LogP contribution is -2.59. The fourth-order valence-corrected chi connectivity index (χ4v) is 6.37. The van der Waals surface area contributed by atoms with Gasteiger partial charge in [-0.15, -0.1) is 0 Å². The average Bonchev–Trinajstić information content (AvgIpc) is 2.96. The highest BCUT2D eigenvalue weighted by molar-refractivity contribution is 5.75. The normalized spacial score (nSPS) is 30.8. The van der Waals surface area contributed by atoms with Gasteiger partial charge in [-0.25, -0.2) is 0 Å². The van der Waals surface area contributed by atoms with Gasteiger partial charge in [0.25, 0.3) is 0 Å². The Morgan fingerprint density at radius 3 is 2.15 bits per heavy atom. The van der Waals surface area contributed by atoms with Crippen LogP contribution in [-0.4, -0.2) is 51.8 Å². The van der Waals surface area contributed by atoms with Crippen molar-refractivity contribution >= 4 is 5.97 Å². The van der Waals surface area contributed by atoms with Crippen molar-refractivity contribution in [2.75, 3.05) is 13.2 Å². The van der Waals surface area contributed by atoms with E-state index in [0.717, 1.165) is 19.4 Å². The maximum absolute atomic E-state index is 13.6. The molecule has 0 spiro atoms. The first-order valence-corrected chi connectivity index (χ1v) is 13.0. The molecule has 0 amide bonds. The number of nitrogens with zero attached hydrogens (tertiary/aromatic N) is 2. The summed E-state index contributed by atoms with van der Waals surface area (Å²) in [5.74, 6) is -0.389. The molecule has 0 aliphatic carbocycles. The number of rotatable bonds is 6. The summed E-state index contributed by atoms with van der Waals surface area (Å²) < 4.78 is 5.96. The molecule has 5 nitrogen and oxygen atoms in total. The molecule has 2 heterocycles. The third-order valence-electron chi connectivity index (χ3n) is 7.94. The minimum absolute atomic E-state index is 0.0409. The Morgan fingerprint density at radius 1 is 1.06 bits per heavy atom. The first-order valence-electron chi connectivity index (χ1n) is 13.0. The van der Waals surface area contributed by atoms with E-state index in [9.17, 15) is 4.79 Å². The number of esters is 1. The molecule has 0 N–H and O–H groups in total. The van der Waals surface area contributed by atoms with E-state index in [2.05, 4.69) is 82.7 Å². The molecule has 2 aliphatic heterocycles. The van der Waals surface area contributed by atoms with Crippen LogP contribution < -0.4 is 0 Å². The maximum atomic E-state index is 13.6. The summed E-state index contributed by atoms with van der Waals surface area (Å²) >= 11 is 0. The van der Waals surface area contributed by atoms with Crippen molar-refractivity contribution in [2.24, 2.45) is 11.3 Å². The van der Waals surface area contributed by atoms with Gasteiger partial charge in [0.15, 0.2) is 0 Å². The van der Waals surface area contributed by atoms with E-state index in [-0.39, 0.29) is 40.5 Å². The third-order valence-corrected chi connectivity index (χ3v) is 7.94. The van der Waals surface area contributed by atoms with Gasteiger partial charge < -0.3 is 4.74 Å².